The van der Waals surface area contributed by atoms with Gasteiger partial charge in [-0.15, -0.1) is 0 Å². The lowest BCUT2D eigenvalue weighted by Crippen LogP contribution is -2.00. The third-order valence-corrected chi connectivity index (χ3v) is 3.12. The summed E-state index contributed by atoms with van der Waals surface area (Å²) < 4.78 is 4.65. The zero-order valence-electron chi connectivity index (χ0n) is 12.0. The second-order valence-corrected chi connectivity index (χ2v) is 4.63. The predicted molar refractivity (Wildman–Crippen MR) is 83.2 cm³/mol. The van der Waals surface area contributed by atoms with E-state index >= 15 is 0 Å². The summed E-state index contributed by atoms with van der Waals surface area (Å²) in [6, 6.07) is 14.6. The summed E-state index contributed by atoms with van der Waals surface area (Å²) in [6.07, 6.45) is 3.90. The fourth-order valence-electron chi connectivity index (χ4n) is 1.87. The number of hydrogen-bond acceptors (Lipinski definition) is 3. The number of benzene rings is 2. The van der Waals surface area contributed by atoms with E-state index in [4.69, 9.17) is 0 Å². The first-order valence-corrected chi connectivity index (χ1v) is 6.57. The Labute approximate surface area is 123 Å². The minimum atomic E-state index is -0.342. The van der Waals surface area contributed by atoms with E-state index in [0.717, 1.165) is 11.1 Å². The molecule has 0 spiro atoms. The van der Waals surface area contributed by atoms with Gasteiger partial charge in [0.1, 0.15) is 0 Å². The Kier molecular flexibility index (Phi) is 4.67. The molecule has 0 fully saturated rings. The largest absolute Gasteiger partial charge is 0.465 e. The van der Waals surface area contributed by atoms with Gasteiger partial charge in [-0.2, -0.15) is 0 Å². The standard InChI is InChI=1S/C18H16O3/c1-13(19)16-9-5-14(6-10-16)3-4-15-7-11-17(12-8-15)18(20)21-2/h3-12H,1-2H3/b4-3-. The Morgan fingerprint density at radius 2 is 1.24 bits per heavy atom. The lowest BCUT2D eigenvalue weighted by Gasteiger charge is -2.00. The van der Waals surface area contributed by atoms with Crippen molar-refractivity contribution in [2.24, 2.45) is 0 Å². The lowest BCUT2D eigenvalue weighted by atomic mass is 10.1. The minimum Gasteiger partial charge on any atom is -0.465 e. The monoisotopic (exact) mass is 280 g/mol. The smallest absolute Gasteiger partial charge is 0.337 e. The molecule has 3 nitrogen and oxygen atoms in total. The first-order valence-electron chi connectivity index (χ1n) is 6.57. The number of Topliss-reactive ketones (excluding diaryl/α,β-unsaturated/α-hetero) is 1. The highest BCUT2D eigenvalue weighted by atomic mass is 16.5. The number of methoxy groups -OCH3 is 1. The van der Waals surface area contributed by atoms with Gasteiger partial charge >= 0.3 is 5.97 Å². The third-order valence-electron chi connectivity index (χ3n) is 3.12. The molecule has 0 saturated carbocycles. The number of ketones is 1. The fraction of sp³-hybridized carbons (Fsp3) is 0.111. The lowest BCUT2D eigenvalue weighted by molar-refractivity contribution is 0.0600. The summed E-state index contributed by atoms with van der Waals surface area (Å²) in [5.74, 6) is -0.283. The molecule has 0 saturated heterocycles. The van der Waals surface area contributed by atoms with Gasteiger partial charge in [0.05, 0.1) is 12.7 Å². The van der Waals surface area contributed by atoms with Crippen molar-refractivity contribution in [3.05, 3.63) is 70.8 Å². The van der Waals surface area contributed by atoms with Crippen molar-refractivity contribution in [1.82, 2.24) is 0 Å². The van der Waals surface area contributed by atoms with Gasteiger partial charge < -0.3 is 4.74 Å². The molecular formula is C18H16O3. The Hall–Kier alpha value is -2.68. The minimum absolute atomic E-state index is 0.0592. The zero-order valence-corrected chi connectivity index (χ0v) is 12.0. The normalized spacial score (nSPS) is 10.6. The summed E-state index contributed by atoms with van der Waals surface area (Å²) in [7, 11) is 1.36. The van der Waals surface area contributed by atoms with Crippen LogP contribution in [0.1, 0.15) is 38.8 Å². The molecule has 106 valence electrons. The Bertz CT molecular complexity index is 665. The van der Waals surface area contributed by atoms with E-state index in [1.807, 2.05) is 48.6 Å². The topological polar surface area (TPSA) is 43.4 Å². The number of carbonyl (C=O) groups is 2. The maximum Gasteiger partial charge on any atom is 0.337 e. The van der Waals surface area contributed by atoms with Gasteiger partial charge in [0.15, 0.2) is 5.78 Å². The van der Waals surface area contributed by atoms with Gasteiger partial charge in [0.25, 0.3) is 0 Å². The van der Waals surface area contributed by atoms with Crippen molar-refractivity contribution < 1.29 is 14.3 Å². The molecule has 0 radical (unpaired) electrons. The van der Waals surface area contributed by atoms with Crippen molar-refractivity contribution in [3.8, 4) is 0 Å². The van der Waals surface area contributed by atoms with Crippen LogP contribution in [0.4, 0.5) is 0 Å². The molecule has 2 aromatic carbocycles. The van der Waals surface area contributed by atoms with Crippen molar-refractivity contribution in [2.45, 2.75) is 6.92 Å². The third kappa shape index (κ3) is 3.89. The predicted octanol–water partition coefficient (Wildman–Crippen LogP) is 3.85. The molecule has 0 aliphatic heterocycles. The van der Waals surface area contributed by atoms with Gasteiger partial charge in [0.2, 0.25) is 0 Å². The van der Waals surface area contributed by atoms with Gasteiger partial charge in [-0.3, -0.25) is 4.79 Å². The highest BCUT2D eigenvalue weighted by Crippen LogP contribution is 2.11. The van der Waals surface area contributed by atoms with Crippen LogP contribution in [-0.2, 0) is 4.74 Å². The van der Waals surface area contributed by atoms with Crippen molar-refractivity contribution in [1.29, 1.82) is 0 Å². The van der Waals surface area contributed by atoms with E-state index in [0.29, 0.717) is 11.1 Å². The van der Waals surface area contributed by atoms with Crippen LogP contribution in [0, 0.1) is 0 Å². The second-order valence-electron chi connectivity index (χ2n) is 4.63. The van der Waals surface area contributed by atoms with Crippen molar-refractivity contribution in [3.63, 3.8) is 0 Å². The van der Waals surface area contributed by atoms with E-state index in [9.17, 15) is 9.59 Å². The number of carbonyl (C=O) groups excluding carboxylic acids is 2. The Balaban J connectivity index is 2.10. The highest BCUT2D eigenvalue weighted by molar-refractivity contribution is 5.94. The van der Waals surface area contributed by atoms with E-state index in [-0.39, 0.29) is 11.8 Å². The second kappa shape index (κ2) is 6.66. The molecule has 0 N–H and O–H groups in total. The number of ether oxygens (including phenoxy) is 1. The van der Waals surface area contributed by atoms with Crippen LogP contribution in [-0.4, -0.2) is 18.9 Å². The molecule has 2 rings (SSSR count). The van der Waals surface area contributed by atoms with Crippen molar-refractivity contribution >= 4 is 23.9 Å². The molecule has 3 heteroatoms. The van der Waals surface area contributed by atoms with Crippen LogP contribution >= 0.6 is 0 Å². The fourth-order valence-corrected chi connectivity index (χ4v) is 1.87. The van der Waals surface area contributed by atoms with Gasteiger partial charge in [-0.1, -0.05) is 48.6 Å². The highest BCUT2D eigenvalue weighted by Gasteiger charge is 2.03. The van der Waals surface area contributed by atoms with E-state index < -0.39 is 0 Å². The molecular weight excluding hydrogens is 264 g/mol. The SMILES string of the molecule is COC(=O)c1ccc(/C=C\c2ccc(C(C)=O)cc2)cc1. The molecule has 0 bridgehead atoms. The first-order chi connectivity index (χ1) is 10.1. The molecule has 0 amide bonds. The van der Waals surface area contributed by atoms with E-state index in [1.54, 1.807) is 19.1 Å². The first kappa shape index (κ1) is 14.7. The number of rotatable bonds is 4. The van der Waals surface area contributed by atoms with Crippen molar-refractivity contribution in [2.75, 3.05) is 7.11 Å². The quantitative estimate of drug-likeness (QED) is 0.485. The molecule has 21 heavy (non-hydrogen) atoms. The average molecular weight is 280 g/mol. The van der Waals surface area contributed by atoms with Crippen LogP contribution in [0.15, 0.2) is 48.5 Å². The molecule has 0 atom stereocenters. The summed E-state index contributed by atoms with van der Waals surface area (Å²) in [5.41, 5.74) is 3.23. The van der Waals surface area contributed by atoms with Crippen LogP contribution in [0.2, 0.25) is 0 Å². The summed E-state index contributed by atoms with van der Waals surface area (Å²) in [5, 5.41) is 0. The van der Waals surface area contributed by atoms with Crippen LogP contribution in [0.5, 0.6) is 0 Å². The Morgan fingerprint density at radius 3 is 1.62 bits per heavy atom. The molecule has 0 aromatic heterocycles. The van der Waals surface area contributed by atoms with Crippen LogP contribution < -0.4 is 0 Å². The number of esters is 1. The van der Waals surface area contributed by atoms with Crippen LogP contribution in [0.3, 0.4) is 0 Å². The van der Waals surface area contributed by atoms with Gasteiger partial charge in [0, 0.05) is 5.56 Å². The number of hydrogen-bond donors (Lipinski definition) is 0. The maximum atomic E-state index is 11.3. The average Bonchev–Trinajstić information content (AvgIpc) is 2.53. The van der Waals surface area contributed by atoms with E-state index in [2.05, 4.69) is 4.74 Å². The molecule has 2 aromatic rings. The summed E-state index contributed by atoms with van der Waals surface area (Å²) in [4.78, 5) is 22.5. The summed E-state index contributed by atoms with van der Waals surface area (Å²) in [6.45, 7) is 1.55. The summed E-state index contributed by atoms with van der Waals surface area (Å²) >= 11 is 0. The molecule has 0 aliphatic rings. The molecule has 0 unspecified atom stereocenters. The van der Waals surface area contributed by atoms with E-state index in [1.165, 1.54) is 7.11 Å². The Morgan fingerprint density at radius 1 is 0.810 bits per heavy atom. The van der Waals surface area contributed by atoms with Crippen LogP contribution in [0.25, 0.3) is 12.2 Å². The molecule has 0 aliphatic carbocycles. The zero-order chi connectivity index (χ0) is 15.2. The van der Waals surface area contributed by atoms with Gasteiger partial charge in [-0.05, 0) is 30.2 Å². The maximum absolute atomic E-state index is 11.3. The molecule has 0 heterocycles. The van der Waals surface area contributed by atoms with Gasteiger partial charge in [-0.25, -0.2) is 4.79 Å².